The third kappa shape index (κ3) is 6.67. The van der Waals surface area contributed by atoms with Crippen LogP contribution < -0.4 is 5.73 Å². The van der Waals surface area contributed by atoms with E-state index in [0.717, 1.165) is 12.8 Å². The first-order chi connectivity index (χ1) is 11.9. The molecule has 26 heavy (non-hydrogen) atoms. The maximum atomic E-state index is 12.5. The molecule has 1 aromatic carbocycles. The van der Waals surface area contributed by atoms with E-state index in [2.05, 4.69) is 19.1 Å². The average molecular weight is 374 g/mol. The molecule has 3 N–H and O–H groups in total. The van der Waals surface area contributed by atoms with Crippen molar-refractivity contribution in [3.05, 3.63) is 35.4 Å². The zero-order chi connectivity index (χ0) is 20.1. The van der Waals surface area contributed by atoms with Gasteiger partial charge in [0.25, 0.3) is 0 Å². The normalized spacial score (nSPS) is 15.1. The molecule has 1 unspecified atom stereocenters. The van der Waals surface area contributed by atoms with Crippen LogP contribution in [0.3, 0.4) is 0 Å². The molecule has 0 aromatic heterocycles. The highest BCUT2D eigenvalue weighted by Crippen LogP contribution is 2.29. The Morgan fingerprint density at radius 1 is 1.27 bits per heavy atom. The van der Waals surface area contributed by atoms with Crippen LogP contribution in [0.5, 0.6) is 0 Å². The highest BCUT2D eigenvalue weighted by molar-refractivity contribution is 5.82. The number of rotatable bonds is 5. The van der Waals surface area contributed by atoms with Crippen molar-refractivity contribution in [2.24, 2.45) is 11.7 Å². The van der Waals surface area contributed by atoms with Gasteiger partial charge in [0.05, 0.1) is 6.04 Å². The molecule has 1 amide bonds. The molecule has 0 spiro atoms. The summed E-state index contributed by atoms with van der Waals surface area (Å²) in [7, 11) is 0. The van der Waals surface area contributed by atoms with E-state index in [9.17, 15) is 18.0 Å². The third-order valence-corrected chi connectivity index (χ3v) is 4.12. The van der Waals surface area contributed by atoms with Gasteiger partial charge in [0.1, 0.15) is 0 Å². The van der Waals surface area contributed by atoms with Gasteiger partial charge in [0, 0.05) is 12.6 Å². The molecule has 1 aliphatic rings. The number of aryl methyl sites for hydroxylation is 1. The fourth-order valence-corrected chi connectivity index (χ4v) is 2.22. The van der Waals surface area contributed by atoms with Crippen LogP contribution in [0, 0.1) is 12.8 Å². The standard InChI is InChI=1S/C16H24N2O.C2HF3O2/c1-11(2)15(17)16(19)18(14-8-9-14)10-13-7-5-4-6-12(13)3;3-2(4,5)1(6)7/h4-7,11,14-15H,8-10,17H2,1-3H3;(H,6,7). The van der Waals surface area contributed by atoms with Crippen molar-refractivity contribution < 1.29 is 27.9 Å². The van der Waals surface area contributed by atoms with Gasteiger partial charge in [-0.25, -0.2) is 4.79 Å². The molecule has 0 radical (unpaired) electrons. The first-order valence-corrected chi connectivity index (χ1v) is 8.35. The van der Waals surface area contributed by atoms with Gasteiger partial charge in [-0.1, -0.05) is 38.1 Å². The summed E-state index contributed by atoms with van der Waals surface area (Å²) in [4.78, 5) is 23.4. The lowest BCUT2D eigenvalue weighted by Gasteiger charge is -2.28. The maximum Gasteiger partial charge on any atom is 0.490 e. The van der Waals surface area contributed by atoms with Crippen LogP contribution in [-0.2, 0) is 16.1 Å². The quantitative estimate of drug-likeness (QED) is 0.830. The number of nitrogens with two attached hydrogens (primary N) is 1. The van der Waals surface area contributed by atoms with Gasteiger partial charge in [-0.2, -0.15) is 13.2 Å². The monoisotopic (exact) mass is 374 g/mol. The largest absolute Gasteiger partial charge is 0.490 e. The topological polar surface area (TPSA) is 83.6 Å². The van der Waals surface area contributed by atoms with Crippen LogP contribution in [0.1, 0.15) is 37.8 Å². The predicted octanol–water partition coefficient (Wildman–Crippen LogP) is 3.10. The van der Waals surface area contributed by atoms with E-state index >= 15 is 0 Å². The van der Waals surface area contributed by atoms with E-state index in [1.54, 1.807) is 0 Å². The smallest absolute Gasteiger partial charge is 0.475 e. The van der Waals surface area contributed by atoms with Crippen molar-refractivity contribution in [2.75, 3.05) is 0 Å². The first-order valence-electron chi connectivity index (χ1n) is 8.35. The van der Waals surface area contributed by atoms with Crippen molar-refractivity contribution in [1.29, 1.82) is 0 Å². The number of benzene rings is 1. The molecular weight excluding hydrogens is 349 g/mol. The van der Waals surface area contributed by atoms with Crippen molar-refractivity contribution >= 4 is 11.9 Å². The minimum absolute atomic E-state index is 0.0979. The molecule has 1 saturated carbocycles. The average Bonchev–Trinajstić information content (AvgIpc) is 3.37. The lowest BCUT2D eigenvalue weighted by atomic mass is 10.0. The fraction of sp³-hybridized carbons (Fsp3) is 0.556. The lowest BCUT2D eigenvalue weighted by Crippen LogP contribution is -2.47. The van der Waals surface area contributed by atoms with Crippen LogP contribution in [0.15, 0.2) is 24.3 Å². The highest BCUT2D eigenvalue weighted by atomic mass is 19.4. The van der Waals surface area contributed by atoms with Crippen molar-refractivity contribution in [1.82, 2.24) is 4.90 Å². The van der Waals surface area contributed by atoms with Crippen LogP contribution in [0.4, 0.5) is 13.2 Å². The molecule has 2 rings (SSSR count). The van der Waals surface area contributed by atoms with Crippen molar-refractivity contribution in [3.63, 3.8) is 0 Å². The Labute approximate surface area is 151 Å². The number of aliphatic carboxylic acids is 1. The molecule has 1 aromatic rings. The number of nitrogens with zero attached hydrogens (tertiary/aromatic N) is 1. The summed E-state index contributed by atoms with van der Waals surface area (Å²) in [5, 5.41) is 7.12. The van der Waals surface area contributed by atoms with E-state index in [1.807, 2.05) is 30.9 Å². The van der Waals surface area contributed by atoms with Crippen molar-refractivity contribution in [3.8, 4) is 0 Å². The molecule has 1 fully saturated rings. The second kappa shape index (κ2) is 9.02. The van der Waals surface area contributed by atoms with E-state index in [0.29, 0.717) is 12.6 Å². The minimum Gasteiger partial charge on any atom is -0.475 e. The van der Waals surface area contributed by atoms with Gasteiger partial charge in [0.2, 0.25) is 5.91 Å². The van der Waals surface area contributed by atoms with Crippen LogP contribution >= 0.6 is 0 Å². The van der Waals surface area contributed by atoms with Crippen molar-refractivity contribution in [2.45, 2.75) is 58.4 Å². The van der Waals surface area contributed by atoms with Gasteiger partial charge in [-0.15, -0.1) is 0 Å². The number of hydrogen-bond acceptors (Lipinski definition) is 3. The number of alkyl halides is 3. The Morgan fingerprint density at radius 2 is 1.77 bits per heavy atom. The zero-order valence-corrected chi connectivity index (χ0v) is 15.1. The summed E-state index contributed by atoms with van der Waals surface area (Å²) in [5.74, 6) is -2.47. The summed E-state index contributed by atoms with van der Waals surface area (Å²) in [6.07, 6.45) is -2.86. The summed E-state index contributed by atoms with van der Waals surface area (Å²) in [6.45, 7) is 6.78. The number of carboxylic acid groups (broad SMARTS) is 1. The summed E-state index contributed by atoms with van der Waals surface area (Å²) >= 11 is 0. The predicted molar refractivity (Wildman–Crippen MR) is 91.3 cm³/mol. The number of halogens is 3. The molecule has 0 bridgehead atoms. The Bertz CT molecular complexity index is 628. The van der Waals surface area contributed by atoms with Gasteiger partial charge in [-0.05, 0) is 36.8 Å². The Kier molecular flexibility index (Phi) is 7.62. The van der Waals surface area contributed by atoms with E-state index < -0.39 is 12.1 Å². The molecule has 8 heteroatoms. The van der Waals surface area contributed by atoms with Gasteiger partial charge < -0.3 is 15.7 Å². The number of carbonyl (C=O) groups excluding carboxylic acids is 1. The van der Waals surface area contributed by atoms with Crippen LogP contribution in [-0.4, -0.2) is 40.1 Å². The zero-order valence-electron chi connectivity index (χ0n) is 15.1. The molecule has 146 valence electrons. The summed E-state index contributed by atoms with van der Waals surface area (Å²) in [5.41, 5.74) is 8.48. The Morgan fingerprint density at radius 3 is 2.15 bits per heavy atom. The summed E-state index contributed by atoms with van der Waals surface area (Å²) in [6, 6.07) is 8.26. The van der Waals surface area contributed by atoms with E-state index in [1.165, 1.54) is 11.1 Å². The Hall–Kier alpha value is -2.09. The Balaban J connectivity index is 0.000000412. The number of hydrogen-bond donors (Lipinski definition) is 2. The van der Waals surface area contributed by atoms with E-state index in [4.69, 9.17) is 15.6 Å². The highest BCUT2D eigenvalue weighted by Gasteiger charge is 2.38. The molecule has 0 aliphatic heterocycles. The molecule has 0 saturated heterocycles. The number of amides is 1. The molecule has 1 aliphatic carbocycles. The van der Waals surface area contributed by atoms with E-state index in [-0.39, 0.29) is 17.9 Å². The second-order valence-electron chi connectivity index (χ2n) is 6.70. The maximum absolute atomic E-state index is 12.5. The third-order valence-electron chi connectivity index (χ3n) is 4.12. The van der Waals surface area contributed by atoms with Gasteiger partial charge in [0.15, 0.2) is 0 Å². The minimum atomic E-state index is -5.08. The van der Waals surface area contributed by atoms with Crippen LogP contribution in [0.2, 0.25) is 0 Å². The number of carbonyl (C=O) groups is 2. The SMILES string of the molecule is Cc1ccccc1CN(C(=O)C(N)C(C)C)C1CC1.O=C(O)C(F)(F)F. The lowest BCUT2D eigenvalue weighted by molar-refractivity contribution is -0.192. The van der Waals surface area contributed by atoms with Crippen LogP contribution in [0.25, 0.3) is 0 Å². The fourth-order valence-electron chi connectivity index (χ4n) is 2.22. The summed E-state index contributed by atoms with van der Waals surface area (Å²) < 4.78 is 31.7. The molecule has 0 heterocycles. The first kappa shape index (κ1) is 22.0. The second-order valence-corrected chi connectivity index (χ2v) is 6.70. The van der Waals surface area contributed by atoms with Gasteiger partial charge in [-0.3, -0.25) is 4.79 Å². The molecule has 1 atom stereocenters. The molecule has 5 nitrogen and oxygen atoms in total. The molecular formula is C18H25F3N2O3. The van der Waals surface area contributed by atoms with Gasteiger partial charge >= 0.3 is 12.1 Å². The number of carboxylic acids is 1.